The van der Waals surface area contributed by atoms with Gasteiger partial charge in [-0.2, -0.15) is 0 Å². The average molecular weight is 269 g/mol. The van der Waals surface area contributed by atoms with Gasteiger partial charge in [0.15, 0.2) is 0 Å². The van der Waals surface area contributed by atoms with Crippen molar-refractivity contribution in [3.05, 3.63) is 59.4 Å². The summed E-state index contributed by atoms with van der Waals surface area (Å²) in [6.45, 7) is 0. The first kappa shape index (κ1) is 12.8. The van der Waals surface area contributed by atoms with Gasteiger partial charge in [0, 0.05) is 22.4 Å². The molecule has 0 aliphatic rings. The van der Waals surface area contributed by atoms with E-state index in [2.05, 4.69) is 0 Å². The van der Waals surface area contributed by atoms with Crippen molar-refractivity contribution in [1.82, 2.24) is 0 Å². The van der Waals surface area contributed by atoms with Crippen LogP contribution in [0.15, 0.2) is 41.3 Å². The molecule has 0 amide bonds. The maximum atomic E-state index is 13.1. The highest BCUT2D eigenvalue weighted by atomic mass is 32.2. The molecule has 0 aromatic heterocycles. The van der Waals surface area contributed by atoms with E-state index < -0.39 is 17.5 Å². The summed E-state index contributed by atoms with van der Waals surface area (Å²) >= 11 is 1.27. The van der Waals surface area contributed by atoms with Crippen LogP contribution in [0.2, 0.25) is 0 Å². The molecule has 18 heavy (non-hydrogen) atoms. The molecule has 0 bridgehead atoms. The minimum Gasteiger partial charge on any atom is -0.399 e. The molecule has 2 N–H and O–H groups in total. The van der Waals surface area contributed by atoms with Crippen LogP contribution < -0.4 is 5.73 Å². The minimum atomic E-state index is -0.621. The van der Waals surface area contributed by atoms with Gasteiger partial charge in [0.1, 0.15) is 17.5 Å². The van der Waals surface area contributed by atoms with Crippen LogP contribution in [0.4, 0.5) is 18.9 Å². The largest absolute Gasteiger partial charge is 0.399 e. The van der Waals surface area contributed by atoms with E-state index in [1.54, 1.807) is 6.07 Å². The number of anilines is 1. The summed E-state index contributed by atoms with van der Waals surface area (Å²) in [6, 6.07) is 7.47. The Morgan fingerprint density at radius 2 is 1.44 bits per heavy atom. The molecule has 2 rings (SSSR count). The minimum absolute atomic E-state index is 0.322. The summed E-state index contributed by atoms with van der Waals surface area (Å²) in [4.78, 5) is 0.622. The van der Waals surface area contributed by atoms with Crippen molar-refractivity contribution in [3.63, 3.8) is 0 Å². The average Bonchev–Trinajstić information content (AvgIpc) is 2.23. The van der Waals surface area contributed by atoms with E-state index >= 15 is 0 Å². The number of nitrogens with two attached hydrogens (primary N) is 1. The fourth-order valence-corrected chi connectivity index (χ4v) is 2.44. The van der Waals surface area contributed by atoms with Gasteiger partial charge in [-0.25, -0.2) is 13.2 Å². The maximum Gasteiger partial charge on any atom is 0.126 e. The van der Waals surface area contributed by atoms with Crippen molar-refractivity contribution in [2.24, 2.45) is 0 Å². The second-order valence-electron chi connectivity index (χ2n) is 3.79. The summed E-state index contributed by atoms with van der Waals surface area (Å²) in [6.07, 6.45) is 0. The normalized spacial score (nSPS) is 10.6. The first-order valence-corrected chi connectivity index (χ1v) is 6.15. The lowest BCUT2D eigenvalue weighted by molar-refractivity contribution is 0.581. The SMILES string of the molecule is Nc1cc(F)cc(SCc2cc(F)cc(F)c2)c1. The van der Waals surface area contributed by atoms with Crippen molar-refractivity contribution < 1.29 is 13.2 Å². The first-order valence-electron chi connectivity index (χ1n) is 5.17. The highest BCUT2D eigenvalue weighted by Gasteiger charge is 2.03. The summed E-state index contributed by atoms with van der Waals surface area (Å²) in [5.74, 6) is -1.32. The maximum absolute atomic E-state index is 13.1. The topological polar surface area (TPSA) is 26.0 Å². The molecule has 0 aliphatic heterocycles. The molecule has 0 radical (unpaired) electrons. The van der Waals surface area contributed by atoms with E-state index in [0.717, 1.165) is 6.07 Å². The molecule has 94 valence electrons. The molecule has 0 aliphatic carbocycles. The van der Waals surface area contributed by atoms with Gasteiger partial charge in [-0.05, 0) is 35.9 Å². The van der Waals surface area contributed by atoms with Crippen molar-refractivity contribution in [3.8, 4) is 0 Å². The summed E-state index contributed by atoms with van der Waals surface area (Å²) < 4.78 is 39.0. The molecular weight excluding hydrogens is 259 g/mol. The second-order valence-corrected chi connectivity index (χ2v) is 4.84. The monoisotopic (exact) mass is 269 g/mol. The van der Waals surface area contributed by atoms with Crippen LogP contribution in [0.3, 0.4) is 0 Å². The van der Waals surface area contributed by atoms with E-state index in [4.69, 9.17) is 5.73 Å². The third kappa shape index (κ3) is 3.43. The number of nitrogen functional groups attached to an aromatic ring is 1. The lowest BCUT2D eigenvalue weighted by Gasteiger charge is -2.04. The van der Waals surface area contributed by atoms with Gasteiger partial charge in [0.25, 0.3) is 0 Å². The van der Waals surface area contributed by atoms with Crippen LogP contribution in [0, 0.1) is 17.5 Å². The number of thioether (sulfide) groups is 1. The van der Waals surface area contributed by atoms with Gasteiger partial charge >= 0.3 is 0 Å². The molecular formula is C13H10F3NS. The lowest BCUT2D eigenvalue weighted by Crippen LogP contribution is -1.89. The summed E-state index contributed by atoms with van der Waals surface area (Å²) in [7, 11) is 0. The van der Waals surface area contributed by atoms with Gasteiger partial charge in [-0.15, -0.1) is 11.8 Å². The Labute approximate surface area is 107 Å². The summed E-state index contributed by atoms with van der Waals surface area (Å²) in [5.41, 5.74) is 6.33. The number of hydrogen-bond acceptors (Lipinski definition) is 2. The molecule has 0 fully saturated rings. The Balaban J connectivity index is 2.11. The Hall–Kier alpha value is -1.62. The van der Waals surface area contributed by atoms with Crippen LogP contribution >= 0.6 is 11.8 Å². The van der Waals surface area contributed by atoms with Crippen LogP contribution in [-0.2, 0) is 5.75 Å². The van der Waals surface area contributed by atoms with Crippen molar-refractivity contribution in [2.75, 3.05) is 5.73 Å². The predicted molar refractivity (Wildman–Crippen MR) is 66.7 cm³/mol. The fourth-order valence-electron chi connectivity index (χ4n) is 1.53. The van der Waals surface area contributed by atoms with Gasteiger partial charge in [-0.1, -0.05) is 0 Å². The fraction of sp³-hybridized carbons (Fsp3) is 0.0769. The molecule has 0 unspecified atom stereocenters. The number of halogens is 3. The molecule has 0 spiro atoms. The highest BCUT2D eigenvalue weighted by molar-refractivity contribution is 7.98. The zero-order valence-corrected chi connectivity index (χ0v) is 10.1. The molecule has 5 heteroatoms. The predicted octanol–water partition coefficient (Wildman–Crippen LogP) is 3.98. The van der Waals surface area contributed by atoms with Crippen LogP contribution in [-0.4, -0.2) is 0 Å². The highest BCUT2D eigenvalue weighted by Crippen LogP contribution is 2.26. The van der Waals surface area contributed by atoms with Gasteiger partial charge < -0.3 is 5.73 Å². The van der Waals surface area contributed by atoms with Crippen LogP contribution in [0.5, 0.6) is 0 Å². The molecule has 1 nitrogen and oxygen atoms in total. The van der Waals surface area contributed by atoms with Crippen LogP contribution in [0.1, 0.15) is 5.56 Å². The van der Waals surface area contributed by atoms with E-state index in [9.17, 15) is 13.2 Å². The van der Waals surface area contributed by atoms with Crippen LogP contribution in [0.25, 0.3) is 0 Å². The molecule has 0 saturated heterocycles. The third-order valence-electron chi connectivity index (χ3n) is 2.22. The van der Waals surface area contributed by atoms with Crippen molar-refractivity contribution in [2.45, 2.75) is 10.6 Å². The Kier molecular flexibility index (Phi) is 3.81. The zero-order valence-electron chi connectivity index (χ0n) is 9.29. The van der Waals surface area contributed by atoms with E-state index in [-0.39, 0.29) is 0 Å². The lowest BCUT2D eigenvalue weighted by atomic mass is 10.2. The van der Waals surface area contributed by atoms with Gasteiger partial charge in [-0.3, -0.25) is 0 Å². The quantitative estimate of drug-likeness (QED) is 0.673. The van der Waals surface area contributed by atoms with E-state index in [0.29, 0.717) is 21.9 Å². The standard InChI is InChI=1S/C13H10F3NS/c14-9-1-8(2-10(15)3-9)7-18-13-5-11(16)4-12(17)6-13/h1-6H,7,17H2. The smallest absolute Gasteiger partial charge is 0.126 e. The van der Waals surface area contributed by atoms with Gasteiger partial charge in [0.2, 0.25) is 0 Å². The van der Waals surface area contributed by atoms with E-state index in [1.807, 2.05) is 0 Å². The Morgan fingerprint density at radius 1 is 0.833 bits per heavy atom. The summed E-state index contributed by atoms with van der Waals surface area (Å²) in [5, 5.41) is 0. The van der Waals surface area contributed by atoms with Crippen molar-refractivity contribution in [1.29, 1.82) is 0 Å². The Bertz CT molecular complexity index is 480. The zero-order chi connectivity index (χ0) is 13.1. The molecule has 0 atom stereocenters. The van der Waals surface area contributed by atoms with Gasteiger partial charge in [0.05, 0.1) is 0 Å². The first-order chi connectivity index (χ1) is 8.52. The van der Waals surface area contributed by atoms with E-state index in [1.165, 1.54) is 36.0 Å². The van der Waals surface area contributed by atoms with Crippen molar-refractivity contribution >= 4 is 17.4 Å². The molecule has 0 saturated carbocycles. The Morgan fingerprint density at radius 3 is 2.06 bits per heavy atom. The molecule has 2 aromatic rings. The second kappa shape index (κ2) is 5.35. The molecule has 2 aromatic carbocycles. The number of benzene rings is 2. The number of hydrogen-bond donors (Lipinski definition) is 1. The number of rotatable bonds is 3. The third-order valence-corrected chi connectivity index (χ3v) is 3.27. The molecule has 0 heterocycles.